The third-order valence-corrected chi connectivity index (χ3v) is 5.89. The first-order chi connectivity index (χ1) is 14.1. The fraction of sp³-hybridized carbons (Fsp3) is 0.261. The molecule has 0 spiro atoms. The van der Waals surface area contributed by atoms with Crippen LogP contribution in [-0.2, 0) is 18.4 Å². The zero-order valence-electron chi connectivity index (χ0n) is 16.2. The number of nitrogens with one attached hydrogen (secondary N) is 1. The van der Waals surface area contributed by atoms with Gasteiger partial charge in [-0.3, -0.25) is 4.79 Å². The van der Waals surface area contributed by atoms with E-state index in [2.05, 4.69) is 14.8 Å². The minimum atomic E-state index is -0.853. The number of aromatic amines is 1. The van der Waals surface area contributed by atoms with E-state index in [1.807, 2.05) is 36.4 Å². The lowest BCUT2D eigenvalue weighted by molar-refractivity contribution is 0.410. The summed E-state index contributed by atoms with van der Waals surface area (Å²) in [4.78, 5) is 24.0. The zero-order chi connectivity index (χ0) is 20.2. The van der Waals surface area contributed by atoms with Crippen molar-refractivity contribution >= 4 is 21.9 Å². The van der Waals surface area contributed by atoms with Crippen LogP contribution in [0.2, 0.25) is 0 Å². The lowest BCUT2D eigenvalue weighted by Crippen LogP contribution is -2.35. The van der Waals surface area contributed by atoms with E-state index in [1.165, 1.54) is 0 Å². The minimum Gasteiger partial charge on any atom is -0.493 e. The van der Waals surface area contributed by atoms with Gasteiger partial charge in [0.1, 0.15) is 11.4 Å². The Balaban J connectivity index is 1.80. The Hall–Kier alpha value is -3.59. The lowest BCUT2D eigenvalue weighted by Gasteiger charge is -2.28. The van der Waals surface area contributed by atoms with Crippen molar-refractivity contribution in [2.45, 2.75) is 31.7 Å². The Labute approximate surface area is 167 Å². The summed E-state index contributed by atoms with van der Waals surface area (Å²) in [5.74, 6) is 1.24. The third-order valence-electron chi connectivity index (χ3n) is 5.89. The summed E-state index contributed by atoms with van der Waals surface area (Å²) >= 11 is 0. The molecule has 0 fully saturated rings. The van der Waals surface area contributed by atoms with E-state index >= 15 is 0 Å². The molecule has 2 aromatic heterocycles. The van der Waals surface area contributed by atoms with Gasteiger partial charge in [-0.05, 0) is 31.5 Å². The van der Waals surface area contributed by atoms with E-state index < -0.39 is 5.54 Å². The van der Waals surface area contributed by atoms with E-state index in [4.69, 9.17) is 15.7 Å². The van der Waals surface area contributed by atoms with Gasteiger partial charge in [0.15, 0.2) is 11.3 Å². The number of aryl methyl sites for hydroxylation is 2. The average Bonchev–Trinajstić information content (AvgIpc) is 3.12. The van der Waals surface area contributed by atoms with Crippen LogP contribution in [0, 0.1) is 13.5 Å². The van der Waals surface area contributed by atoms with Gasteiger partial charge in [0.25, 0.3) is 11.1 Å². The van der Waals surface area contributed by atoms with E-state index in [0.717, 1.165) is 27.6 Å². The van der Waals surface area contributed by atoms with Gasteiger partial charge in [-0.15, -0.1) is 0 Å². The molecule has 0 radical (unpaired) electrons. The van der Waals surface area contributed by atoms with Crippen molar-refractivity contribution in [1.29, 1.82) is 0 Å². The molecule has 144 valence electrons. The van der Waals surface area contributed by atoms with Crippen LogP contribution in [0.4, 0.5) is 0 Å². The molecule has 2 heterocycles. The monoisotopic (exact) mass is 385 g/mol. The molecule has 2 aromatic carbocycles. The molecule has 0 aliphatic heterocycles. The maximum atomic E-state index is 12.6. The second kappa shape index (κ2) is 6.21. The fourth-order valence-electron chi connectivity index (χ4n) is 4.50. The van der Waals surface area contributed by atoms with Crippen LogP contribution in [0.25, 0.3) is 26.8 Å². The Morgan fingerprint density at radius 2 is 2.10 bits per heavy atom. The number of methoxy groups -OCH3 is 1. The fourth-order valence-corrected chi connectivity index (χ4v) is 4.50. The van der Waals surface area contributed by atoms with Crippen LogP contribution in [0.3, 0.4) is 0 Å². The highest BCUT2D eigenvalue weighted by Gasteiger charge is 2.46. The van der Waals surface area contributed by atoms with E-state index in [-0.39, 0.29) is 5.56 Å². The van der Waals surface area contributed by atoms with Gasteiger partial charge < -0.3 is 19.0 Å². The number of furan rings is 1. The van der Waals surface area contributed by atoms with Gasteiger partial charge in [-0.1, -0.05) is 18.2 Å². The molecule has 1 N–H and O–H groups in total. The van der Waals surface area contributed by atoms with Gasteiger partial charge in [0.05, 0.1) is 19.2 Å². The van der Waals surface area contributed by atoms with E-state index in [1.54, 1.807) is 14.0 Å². The average molecular weight is 385 g/mol. The van der Waals surface area contributed by atoms with Crippen LogP contribution in [-0.4, -0.2) is 17.1 Å². The number of ether oxygens (including phenoxy) is 1. The highest BCUT2D eigenvalue weighted by atomic mass is 16.5. The molecule has 0 saturated heterocycles. The highest BCUT2D eigenvalue weighted by Crippen LogP contribution is 2.46. The standard InChI is InChI=1S/C23H19N3O3/c1-13-25-17-10-11-23(24-2,12-15(17)22(27)26-13)16-8-9-19(28-3)21-20(16)14-6-4-5-7-18(14)29-21/h4-9H,10-12H2,1,3H3,(H,25,26,27). The molecular formula is C23H19N3O3. The molecular weight excluding hydrogens is 366 g/mol. The highest BCUT2D eigenvalue weighted by molar-refractivity contribution is 6.09. The number of nitrogens with zero attached hydrogens (tertiary/aromatic N) is 2. The van der Waals surface area contributed by atoms with Crippen molar-refractivity contribution in [2.75, 3.05) is 7.11 Å². The Bertz CT molecular complexity index is 1380. The van der Waals surface area contributed by atoms with Gasteiger partial charge in [0, 0.05) is 28.3 Å². The number of hydrogen-bond donors (Lipinski definition) is 1. The van der Waals surface area contributed by atoms with Gasteiger partial charge in [0.2, 0.25) is 0 Å². The molecule has 29 heavy (non-hydrogen) atoms. The van der Waals surface area contributed by atoms with Crippen molar-refractivity contribution in [2.24, 2.45) is 0 Å². The largest absolute Gasteiger partial charge is 0.493 e. The summed E-state index contributed by atoms with van der Waals surface area (Å²) in [5.41, 5.74) is 2.66. The molecule has 1 unspecified atom stereocenters. The van der Waals surface area contributed by atoms with Gasteiger partial charge in [-0.25, -0.2) is 11.6 Å². The Kier molecular flexibility index (Phi) is 3.75. The zero-order valence-corrected chi connectivity index (χ0v) is 16.2. The molecule has 1 atom stereocenters. The number of hydrogen-bond acceptors (Lipinski definition) is 4. The molecule has 6 heteroatoms. The predicted octanol–water partition coefficient (Wildman–Crippen LogP) is 4.29. The first kappa shape index (κ1) is 17.5. The second-order valence-electron chi connectivity index (χ2n) is 7.51. The normalized spacial score (nSPS) is 18.5. The topological polar surface area (TPSA) is 72.5 Å². The molecule has 0 bridgehead atoms. The molecule has 1 aliphatic rings. The van der Waals surface area contributed by atoms with Crippen molar-refractivity contribution in [3.63, 3.8) is 0 Å². The summed E-state index contributed by atoms with van der Waals surface area (Å²) in [6, 6.07) is 11.6. The number of para-hydroxylation sites is 1. The van der Waals surface area contributed by atoms with Gasteiger partial charge in [-0.2, -0.15) is 0 Å². The Morgan fingerprint density at radius 3 is 2.90 bits per heavy atom. The van der Waals surface area contributed by atoms with Crippen LogP contribution in [0.1, 0.15) is 29.1 Å². The molecule has 5 rings (SSSR count). The van der Waals surface area contributed by atoms with Crippen LogP contribution in [0.15, 0.2) is 45.6 Å². The number of fused-ring (bicyclic) bond motifs is 4. The minimum absolute atomic E-state index is 0.151. The Morgan fingerprint density at radius 1 is 1.28 bits per heavy atom. The predicted molar refractivity (Wildman–Crippen MR) is 110 cm³/mol. The van der Waals surface area contributed by atoms with E-state index in [9.17, 15) is 4.79 Å². The number of benzene rings is 2. The summed E-state index contributed by atoms with van der Waals surface area (Å²) in [7, 11) is 1.61. The molecule has 1 aliphatic carbocycles. The third kappa shape index (κ3) is 2.47. The maximum Gasteiger partial charge on any atom is 0.262 e. The van der Waals surface area contributed by atoms with E-state index in [0.29, 0.717) is 42.0 Å². The number of aromatic nitrogens is 2. The SMILES string of the molecule is [C-]#[N+]C1(c2ccc(OC)c3oc4ccccc4c23)CCc2nc(C)[nH]c(=O)c2C1. The number of H-pyrrole nitrogens is 1. The first-order valence-corrected chi connectivity index (χ1v) is 9.52. The van der Waals surface area contributed by atoms with Crippen molar-refractivity contribution in [1.82, 2.24) is 9.97 Å². The first-order valence-electron chi connectivity index (χ1n) is 9.52. The van der Waals surface area contributed by atoms with Crippen LogP contribution < -0.4 is 10.3 Å². The molecule has 6 nitrogen and oxygen atoms in total. The summed E-state index contributed by atoms with van der Waals surface area (Å²) in [6.45, 7) is 9.88. The molecule has 0 saturated carbocycles. The van der Waals surface area contributed by atoms with Crippen molar-refractivity contribution in [3.05, 3.63) is 80.8 Å². The smallest absolute Gasteiger partial charge is 0.262 e. The number of rotatable bonds is 2. The lowest BCUT2D eigenvalue weighted by atomic mass is 9.74. The van der Waals surface area contributed by atoms with Gasteiger partial charge >= 0.3 is 0 Å². The molecule has 0 amide bonds. The maximum absolute atomic E-state index is 12.6. The summed E-state index contributed by atoms with van der Waals surface area (Å²) in [5, 5.41) is 1.83. The second-order valence-corrected chi connectivity index (χ2v) is 7.51. The molecule has 4 aromatic rings. The van der Waals surface area contributed by atoms with Crippen molar-refractivity contribution < 1.29 is 9.15 Å². The summed E-state index contributed by atoms with van der Waals surface area (Å²) < 4.78 is 11.6. The van der Waals surface area contributed by atoms with Crippen LogP contribution >= 0.6 is 0 Å². The quantitative estimate of drug-likeness (QED) is 0.523. The van der Waals surface area contributed by atoms with Crippen molar-refractivity contribution in [3.8, 4) is 5.75 Å². The van der Waals surface area contributed by atoms with Crippen LogP contribution in [0.5, 0.6) is 5.75 Å². The summed E-state index contributed by atoms with van der Waals surface area (Å²) in [6.07, 6.45) is 1.52.